The van der Waals surface area contributed by atoms with Gasteiger partial charge in [-0.2, -0.15) is 0 Å². The average molecular weight is 300 g/mol. The minimum atomic E-state index is -3.56. The molecule has 0 unspecified atom stereocenters. The topological polar surface area (TPSA) is 67.4 Å². The molecular weight excluding hydrogens is 276 g/mol. The second kappa shape index (κ2) is 7.06. The highest BCUT2D eigenvalue weighted by Gasteiger charge is 2.23. The monoisotopic (exact) mass is 300 g/mol. The molecule has 0 saturated carbocycles. The van der Waals surface area contributed by atoms with Crippen LogP contribution in [0, 0.1) is 0 Å². The molecule has 0 aliphatic heterocycles. The molecule has 114 valence electrons. The third kappa shape index (κ3) is 4.77. The van der Waals surface area contributed by atoms with Crippen LogP contribution in [0.15, 0.2) is 29.2 Å². The molecule has 0 aliphatic rings. The largest absolute Gasteiger partial charge is 0.384 e. The number of hydrogen-bond acceptors (Lipinski definition) is 4. The Hall–Kier alpha value is -1.11. The van der Waals surface area contributed by atoms with E-state index in [1.165, 1.54) is 0 Å². The van der Waals surface area contributed by atoms with Crippen molar-refractivity contribution in [3.05, 3.63) is 24.3 Å². The van der Waals surface area contributed by atoms with Crippen LogP contribution in [0.25, 0.3) is 0 Å². The van der Waals surface area contributed by atoms with E-state index in [4.69, 9.17) is 4.74 Å². The molecule has 6 heteroatoms. The van der Waals surface area contributed by atoms with Crippen LogP contribution in [0.4, 0.5) is 5.69 Å². The fourth-order valence-electron chi connectivity index (χ4n) is 1.83. The van der Waals surface area contributed by atoms with Crippen molar-refractivity contribution in [3.8, 4) is 0 Å². The van der Waals surface area contributed by atoms with Crippen LogP contribution in [0.2, 0.25) is 0 Å². The summed E-state index contributed by atoms with van der Waals surface area (Å²) >= 11 is 0. The summed E-state index contributed by atoms with van der Waals surface area (Å²) in [5.74, 6) is 0. The molecule has 1 aromatic carbocycles. The lowest BCUT2D eigenvalue weighted by Crippen LogP contribution is -2.40. The standard InChI is InChI=1S/C14H24N2O3S/c1-5-15-12-9-7-8-10-13(12)20(17,18)16-11-14(3,4)19-6-2/h7-10,15-16H,5-6,11H2,1-4H3. The van der Waals surface area contributed by atoms with E-state index >= 15 is 0 Å². The first kappa shape index (κ1) is 16.9. The zero-order valence-electron chi connectivity index (χ0n) is 12.6. The summed E-state index contributed by atoms with van der Waals surface area (Å²) in [5, 5.41) is 3.05. The number of anilines is 1. The first-order valence-corrected chi connectivity index (χ1v) is 8.27. The molecule has 0 amide bonds. The van der Waals surface area contributed by atoms with E-state index in [2.05, 4.69) is 10.0 Å². The second-order valence-corrected chi connectivity index (χ2v) is 6.78. The van der Waals surface area contributed by atoms with Gasteiger partial charge in [-0.25, -0.2) is 13.1 Å². The van der Waals surface area contributed by atoms with Gasteiger partial charge in [-0.1, -0.05) is 12.1 Å². The highest BCUT2D eigenvalue weighted by atomic mass is 32.2. The number of para-hydroxylation sites is 1. The van der Waals surface area contributed by atoms with Crippen molar-refractivity contribution in [1.82, 2.24) is 4.72 Å². The molecule has 0 radical (unpaired) electrons. The Labute approximate surface area is 121 Å². The molecule has 0 saturated heterocycles. The highest BCUT2D eigenvalue weighted by molar-refractivity contribution is 7.89. The predicted octanol–water partition coefficient (Wildman–Crippen LogP) is 2.21. The smallest absolute Gasteiger partial charge is 0.242 e. The number of sulfonamides is 1. The maximum atomic E-state index is 12.4. The van der Waals surface area contributed by atoms with Gasteiger partial charge in [0.2, 0.25) is 10.0 Å². The van der Waals surface area contributed by atoms with Crippen LogP contribution in [0.1, 0.15) is 27.7 Å². The van der Waals surface area contributed by atoms with Crippen LogP contribution >= 0.6 is 0 Å². The van der Waals surface area contributed by atoms with Gasteiger partial charge < -0.3 is 10.1 Å². The van der Waals surface area contributed by atoms with Gasteiger partial charge in [-0.05, 0) is 39.8 Å². The van der Waals surface area contributed by atoms with Gasteiger partial charge in [0.25, 0.3) is 0 Å². The van der Waals surface area contributed by atoms with Crippen molar-refractivity contribution in [1.29, 1.82) is 0 Å². The fourth-order valence-corrected chi connectivity index (χ4v) is 3.21. The summed E-state index contributed by atoms with van der Waals surface area (Å²) in [6.45, 7) is 8.96. The molecular formula is C14H24N2O3S. The maximum Gasteiger partial charge on any atom is 0.242 e. The third-order valence-electron chi connectivity index (χ3n) is 2.77. The van der Waals surface area contributed by atoms with E-state index in [9.17, 15) is 8.42 Å². The van der Waals surface area contributed by atoms with E-state index in [0.29, 0.717) is 18.8 Å². The van der Waals surface area contributed by atoms with Gasteiger partial charge in [0.15, 0.2) is 0 Å². The van der Waals surface area contributed by atoms with Crippen molar-refractivity contribution in [2.45, 2.75) is 38.2 Å². The van der Waals surface area contributed by atoms with Crippen LogP contribution < -0.4 is 10.0 Å². The summed E-state index contributed by atoms with van der Waals surface area (Å²) in [5.41, 5.74) is 0.0753. The van der Waals surface area contributed by atoms with Crippen LogP contribution in [-0.4, -0.2) is 33.7 Å². The second-order valence-electron chi connectivity index (χ2n) is 5.04. The molecule has 0 atom stereocenters. The SMILES string of the molecule is CCNc1ccccc1S(=O)(=O)NCC(C)(C)OCC. The van der Waals surface area contributed by atoms with Crippen molar-refractivity contribution < 1.29 is 13.2 Å². The van der Waals surface area contributed by atoms with E-state index < -0.39 is 15.6 Å². The van der Waals surface area contributed by atoms with E-state index in [1.54, 1.807) is 24.3 Å². The minimum Gasteiger partial charge on any atom is -0.384 e. The van der Waals surface area contributed by atoms with Gasteiger partial charge in [0.1, 0.15) is 4.90 Å². The summed E-state index contributed by atoms with van der Waals surface area (Å²) in [4.78, 5) is 0.258. The zero-order chi connectivity index (χ0) is 15.2. The molecule has 1 aromatic rings. The Balaban J connectivity index is 2.89. The lowest BCUT2D eigenvalue weighted by atomic mass is 10.1. The van der Waals surface area contributed by atoms with Gasteiger partial charge in [0.05, 0.1) is 11.3 Å². The molecule has 2 N–H and O–H groups in total. The van der Waals surface area contributed by atoms with Crippen LogP contribution in [0.3, 0.4) is 0 Å². The van der Waals surface area contributed by atoms with Crippen molar-refractivity contribution in [2.24, 2.45) is 0 Å². The summed E-state index contributed by atoms with van der Waals surface area (Å²) in [6.07, 6.45) is 0. The molecule has 1 rings (SSSR count). The number of rotatable bonds is 8. The van der Waals surface area contributed by atoms with Gasteiger partial charge in [-0.15, -0.1) is 0 Å². The molecule has 0 aromatic heterocycles. The molecule has 0 bridgehead atoms. The number of benzene rings is 1. The molecule has 0 spiro atoms. The average Bonchev–Trinajstić information content (AvgIpc) is 2.38. The fraction of sp³-hybridized carbons (Fsp3) is 0.571. The van der Waals surface area contributed by atoms with Crippen molar-refractivity contribution in [3.63, 3.8) is 0 Å². The van der Waals surface area contributed by atoms with E-state index in [1.807, 2.05) is 27.7 Å². The quantitative estimate of drug-likeness (QED) is 0.772. The normalized spacial score (nSPS) is 12.4. The molecule has 20 heavy (non-hydrogen) atoms. The van der Waals surface area contributed by atoms with Crippen molar-refractivity contribution >= 4 is 15.7 Å². The van der Waals surface area contributed by atoms with E-state index in [0.717, 1.165) is 0 Å². The summed E-state index contributed by atoms with van der Waals surface area (Å²) in [6, 6.07) is 6.87. The van der Waals surface area contributed by atoms with Gasteiger partial charge >= 0.3 is 0 Å². The minimum absolute atomic E-state index is 0.226. The maximum absolute atomic E-state index is 12.4. The Bertz CT molecular complexity index is 527. The first-order chi connectivity index (χ1) is 9.32. The van der Waals surface area contributed by atoms with Crippen LogP contribution in [0.5, 0.6) is 0 Å². The molecule has 5 nitrogen and oxygen atoms in total. The predicted molar refractivity (Wildman–Crippen MR) is 81.5 cm³/mol. The molecule has 0 aliphatic carbocycles. The molecule has 0 heterocycles. The van der Waals surface area contributed by atoms with Gasteiger partial charge in [-0.3, -0.25) is 0 Å². The molecule has 0 fully saturated rings. The number of hydrogen-bond donors (Lipinski definition) is 2. The van der Waals surface area contributed by atoms with Crippen LogP contribution in [-0.2, 0) is 14.8 Å². The first-order valence-electron chi connectivity index (χ1n) is 6.79. The Morgan fingerprint density at radius 2 is 1.85 bits per heavy atom. The highest BCUT2D eigenvalue weighted by Crippen LogP contribution is 2.21. The third-order valence-corrected chi connectivity index (χ3v) is 4.23. The summed E-state index contributed by atoms with van der Waals surface area (Å²) < 4.78 is 32.8. The Morgan fingerprint density at radius 3 is 2.45 bits per heavy atom. The summed E-state index contributed by atoms with van der Waals surface area (Å²) in [7, 11) is -3.56. The Morgan fingerprint density at radius 1 is 1.20 bits per heavy atom. The lowest BCUT2D eigenvalue weighted by molar-refractivity contribution is -0.00514. The van der Waals surface area contributed by atoms with Gasteiger partial charge in [0, 0.05) is 19.7 Å². The number of nitrogens with one attached hydrogen (secondary N) is 2. The number of ether oxygens (including phenoxy) is 1. The Kier molecular flexibility index (Phi) is 5.98. The zero-order valence-corrected chi connectivity index (χ0v) is 13.4. The van der Waals surface area contributed by atoms with E-state index in [-0.39, 0.29) is 11.4 Å². The lowest BCUT2D eigenvalue weighted by Gasteiger charge is -2.25. The van der Waals surface area contributed by atoms with Crippen molar-refractivity contribution in [2.75, 3.05) is 25.0 Å².